The quantitative estimate of drug-likeness (QED) is 0.393. The van der Waals surface area contributed by atoms with Crippen molar-refractivity contribution < 1.29 is 22.0 Å². The molecular formula is C25H27FN2O4S. The number of carbonyl (C=O) groups is 1. The molecule has 3 aromatic rings. The van der Waals surface area contributed by atoms with E-state index in [1.54, 1.807) is 55.5 Å². The van der Waals surface area contributed by atoms with Gasteiger partial charge in [-0.15, -0.1) is 6.58 Å². The van der Waals surface area contributed by atoms with Gasteiger partial charge in [0.25, 0.3) is 0 Å². The molecule has 0 aliphatic carbocycles. The van der Waals surface area contributed by atoms with Crippen LogP contribution in [0.2, 0.25) is 0 Å². The van der Waals surface area contributed by atoms with E-state index in [4.69, 9.17) is 4.42 Å². The van der Waals surface area contributed by atoms with Crippen molar-refractivity contribution >= 4 is 15.9 Å². The van der Waals surface area contributed by atoms with E-state index in [0.717, 1.165) is 9.87 Å². The van der Waals surface area contributed by atoms with Gasteiger partial charge in [0.2, 0.25) is 15.9 Å². The zero-order valence-electron chi connectivity index (χ0n) is 18.5. The van der Waals surface area contributed by atoms with Gasteiger partial charge in [-0.05, 0) is 42.3 Å². The van der Waals surface area contributed by atoms with Crippen molar-refractivity contribution in [3.63, 3.8) is 0 Å². The summed E-state index contributed by atoms with van der Waals surface area (Å²) in [7, 11) is -3.77. The number of halogens is 1. The van der Waals surface area contributed by atoms with Crippen LogP contribution < -0.4 is 0 Å². The van der Waals surface area contributed by atoms with Crippen LogP contribution >= 0.6 is 0 Å². The second kappa shape index (κ2) is 11.1. The predicted molar refractivity (Wildman–Crippen MR) is 125 cm³/mol. The lowest BCUT2D eigenvalue weighted by Gasteiger charge is -2.26. The Morgan fingerprint density at radius 3 is 2.30 bits per heavy atom. The summed E-state index contributed by atoms with van der Waals surface area (Å²) in [6.45, 7) is 5.44. The fourth-order valence-electron chi connectivity index (χ4n) is 3.35. The average molecular weight is 471 g/mol. The van der Waals surface area contributed by atoms with Gasteiger partial charge in [-0.3, -0.25) is 4.79 Å². The minimum atomic E-state index is -3.77. The monoisotopic (exact) mass is 470 g/mol. The molecule has 1 heterocycles. The zero-order chi connectivity index (χ0) is 23.8. The molecule has 0 saturated carbocycles. The lowest BCUT2D eigenvalue weighted by atomic mass is 10.2. The maximum atomic E-state index is 13.3. The molecule has 2 aromatic carbocycles. The Morgan fingerprint density at radius 1 is 1.00 bits per heavy atom. The van der Waals surface area contributed by atoms with E-state index in [1.807, 2.05) is 6.07 Å². The smallest absolute Gasteiger partial charge is 0.238 e. The van der Waals surface area contributed by atoms with Gasteiger partial charge in [0.1, 0.15) is 17.3 Å². The van der Waals surface area contributed by atoms with Crippen LogP contribution in [0.4, 0.5) is 4.39 Å². The van der Waals surface area contributed by atoms with Crippen LogP contribution in [0, 0.1) is 12.7 Å². The molecule has 0 fully saturated rings. The van der Waals surface area contributed by atoms with Crippen LogP contribution in [0.3, 0.4) is 0 Å². The highest BCUT2D eigenvalue weighted by Gasteiger charge is 2.27. The highest BCUT2D eigenvalue weighted by atomic mass is 32.2. The molecule has 174 valence electrons. The first-order valence-electron chi connectivity index (χ1n) is 10.5. The van der Waals surface area contributed by atoms with Gasteiger partial charge in [-0.2, -0.15) is 4.31 Å². The van der Waals surface area contributed by atoms with Gasteiger partial charge in [-0.25, -0.2) is 12.8 Å². The van der Waals surface area contributed by atoms with Gasteiger partial charge < -0.3 is 9.32 Å². The van der Waals surface area contributed by atoms with Gasteiger partial charge in [0.05, 0.1) is 18.8 Å². The van der Waals surface area contributed by atoms with E-state index in [9.17, 15) is 17.6 Å². The van der Waals surface area contributed by atoms with E-state index >= 15 is 0 Å². The van der Waals surface area contributed by atoms with Crippen molar-refractivity contribution in [2.45, 2.75) is 25.8 Å². The molecule has 0 bridgehead atoms. The zero-order valence-corrected chi connectivity index (χ0v) is 19.3. The molecule has 0 atom stereocenters. The number of aryl methyl sites for hydroxylation is 1. The second-order valence-corrected chi connectivity index (χ2v) is 9.68. The average Bonchev–Trinajstić information content (AvgIpc) is 3.19. The molecular weight excluding hydrogens is 443 g/mol. The van der Waals surface area contributed by atoms with E-state index in [1.165, 1.54) is 23.1 Å². The minimum Gasteiger partial charge on any atom is -0.464 e. The van der Waals surface area contributed by atoms with Crippen LogP contribution in [0.1, 0.15) is 22.6 Å². The van der Waals surface area contributed by atoms with Crippen molar-refractivity contribution in [3.05, 3.63) is 108 Å². The third-order valence-corrected chi connectivity index (χ3v) is 6.77. The molecule has 1 aromatic heterocycles. The molecule has 0 radical (unpaired) electrons. The summed E-state index contributed by atoms with van der Waals surface area (Å²) in [5.41, 5.74) is 1.35. The number of furan rings is 1. The summed E-state index contributed by atoms with van der Waals surface area (Å²) in [5, 5.41) is 0. The second-order valence-electron chi connectivity index (χ2n) is 7.71. The third kappa shape index (κ3) is 7.13. The number of amides is 1. The van der Waals surface area contributed by atoms with Gasteiger partial charge in [0.15, 0.2) is 0 Å². The molecule has 33 heavy (non-hydrogen) atoms. The number of nitrogens with zero attached hydrogens (tertiary/aromatic N) is 2. The minimum absolute atomic E-state index is 0.00511. The van der Waals surface area contributed by atoms with Crippen LogP contribution in [-0.4, -0.2) is 36.6 Å². The first kappa shape index (κ1) is 24.4. The number of carbonyl (C=O) groups excluding carboxylic acids is 1. The molecule has 0 saturated heterocycles. The van der Waals surface area contributed by atoms with Crippen molar-refractivity contribution in [1.29, 1.82) is 0 Å². The van der Waals surface area contributed by atoms with Crippen molar-refractivity contribution in [3.8, 4) is 0 Å². The number of hydrogen-bond acceptors (Lipinski definition) is 4. The predicted octanol–water partition coefficient (Wildman–Crippen LogP) is 4.27. The number of hydrogen-bond donors (Lipinski definition) is 0. The first-order chi connectivity index (χ1) is 15.8. The standard InChI is InChI=1S/C25H27FN2O4S/c1-3-15-28(33(30,31)19-22-7-5-4-6-8-22)18-25(29)27(17-24-14-9-20(2)32-24)16-21-10-12-23(26)13-11-21/h3-14H,1,15-19H2,2H3. The van der Waals surface area contributed by atoms with E-state index in [0.29, 0.717) is 17.1 Å². The summed E-state index contributed by atoms with van der Waals surface area (Å²) < 4.78 is 46.2. The largest absolute Gasteiger partial charge is 0.464 e. The molecule has 0 N–H and O–H groups in total. The van der Waals surface area contributed by atoms with Gasteiger partial charge in [0, 0.05) is 13.1 Å². The van der Waals surface area contributed by atoms with E-state index in [-0.39, 0.29) is 37.7 Å². The highest BCUT2D eigenvalue weighted by Crippen LogP contribution is 2.16. The maximum Gasteiger partial charge on any atom is 0.238 e. The Labute approximate surface area is 194 Å². The molecule has 8 heteroatoms. The van der Waals surface area contributed by atoms with E-state index < -0.39 is 15.9 Å². The molecule has 1 amide bonds. The van der Waals surface area contributed by atoms with E-state index in [2.05, 4.69) is 6.58 Å². The summed E-state index contributed by atoms with van der Waals surface area (Å²) in [4.78, 5) is 14.8. The molecule has 0 unspecified atom stereocenters. The lowest BCUT2D eigenvalue weighted by molar-refractivity contribution is -0.132. The first-order valence-corrected chi connectivity index (χ1v) is 12.1. The van der Waals surface area contributed by atoms with Crippen molar-refractivity contribution in [2.24, 2.45) is 0 Å². The highest BCUT2D eigenvalue weighted by molar-refractivity contribution is 7.88. The number of benzene rings is 2. The molecule has 3 rings (SSSR count). The summed E-state index contributed by atoms with van der Waals surface area (Å²) in [6, 6.07) is 18.2. The molecule has 0 aliphatic heterocycles. The SMILES string of the molecule is C=CCN(CC(=O)N(Cc1ccc(F)cc1)Cc1ccc(C)o1)S(=O)(=O)Cc1ccccc1. The Bertz CT molecular complexity index is 1170. The van der Waals surface area contributed by atoms with Gasteiger partial charge in [-0.1, -0.05) is 48.5 Å². The Morgan fingerprint density at radius 2 is 1.70 bits per heavy atom. The van der Waals surface area contributed by atoms with Crippen LogP contribution in [0.5, 0.6) is 0 Å². The van der Waals surface area contributed by atoms with Crippen molar-refractivity contribution in [2.75, 3.05) is 13.1 Å². The number of sulfonamides is 1. The lowest BCUT2D eigenvalue weighted by Crippen LogP contribution is -2.42. The third-order valence-electron chi connectivity index (χ3n) is 5.01. The van der Waals surface area contributed by atoms with Crippen LogP contribution in [0.25, 0.3) is 0 Å². The number of rotatable bonds is 11. The van der Waals surface area contributed by atoms with Crippen LogP contribution in [-0.2, 0) is 33.7 Å². The molecule has 0 spiro atoms. The fourth-order valence-corrected chi connectivity index (χ4v) is 4.78. The molecule has 6 nitrogen and oxygen atoms in total. The topological polar surface area (TPSA) is 70.8 Å². The maximum absolute atomic E-state index is 13.3. The summed E-state index contributed by atoms with van der Waals surface area (Å²) >= 11 is 0. The summed E-state index contributed by atoms with van der Waals surface area (Å²) in [6.07, 6.45) is 1.45. The normalized spacial score (nSPS) is 11.5. The Hall–Kier alpha value is -3.23. The Balaban J connectivity index is 1.81. The van der Waals surface area contributed by atoms with Crippen molar-refractivity contribution in [1.82, 2.24) is 9.21 Å². The fraction of sp³-hybridized carbons (Fsp3) is 0.240. The summed E-state index contributed by atoms with van der Waals surface area (Å²) in [5.74, 6) is 0.294. The molecule has 0 aliphatic rings. The van der Waals surface area contributed by atoms with Crippen LogP contribution in [0.15, 0.2) is 83.8 Å². The Kier molecular flexibility index (Phi) is 8.19. The van der Waals surface area contributed by atoms with Gasteiger partial charge >= 0.3 is 0 Å².